The Hall–Kier alpha value is -3.88. The highest BCUT2D eigenvalue weighted by molar-refractivity contribution is 6.02. The van der Waals surface area contributed by atoms with Gasteiger partial charge in [-0.3, -0.25) is 14.4 Å². The number of benzene rings is 2. The molecule has 1 aliphatic heterocycles. The van der Waals surface area contributed by atoms with Crippen molar-refractivity contribution in [3.8, 4) is 11.5 Å². The summed E-state index contributed by atoms with van der Waals surface area (Å²) in [5, 5.41) is 8.62. The average Bonchev–Trinajstić information content (AvgIpc) is 3.31. The van der Waals surface area contributed by atoms with Crippen LogP contribution in [0.15, 0.2) is 53.6 Å². The molecule has 3 amide bonds. The van der Waals surface area contributed by atoms with Gasteiger partial charge in [-0.2, -0.15) is 5.10 Å². The second-order valence-corrected chi connectivity index (χ2v) is 7.20. The quantitative estimate of drug-likeness (QED) is 0.583. The molecule has 2 aromatic rings. The van der Waals surface area contributed by atoms with Crippen LogP contribution >= 0.6 is 0 Å². The highest BCUT2D eigenvalue weighted by Crippen LogP contribution is 2.28. The Kier molecular flexibility index (Phi) is 7.80. The van der Waals surface area contributed by atoms with E-state index in [1.54, 1.807) is 18.2 Å². The van der Waals surface area contributed by atoms with Gasteiger partial charge in [-0.25, -0.2) is 5.01 Å². The van der Waals surface area contributed by atoms with Gasteiger partial charge in [0.05, 0.1) is 19.4 Å². The van der Waals surface area contributed by atoms with Gasteiger partial charge in [0.15, 0.2) is 18.1 Å². The van der Waals surface area contributed by atoms with E-state index in [2.05, 4.69) is 10.4 Å². The Labute approximate surface area is 186 Å². The zero-order chi connectivity index (χ0) is 22.9. The minimum atomic E-state index is -0.589. The number of carbonyl (C=O) groups is 3. The Morgan fingerprint density at radius 2 is 1.88 bits per heavy atom. The standard InChI is InChI=1S/C23H26N4O5/c1-31-20-13-16(7-8-19(20)32-15-21(24)28)14-25-22(29)9-10-23(30)27-12-11-18(26-27)17-5-3-2-4-6-17/h2-8,13H,9-12,14-15H2,1H3,(H2,24,28)(H,25,29). The zero-order valence-electron chi connectivity index (χ0n) is 17.9. The third-order valence-corrected chi connectivity index (χ3v) is 4.85. The molecular formula is C23H26N4O5. The first-order chi connectivity index (χ1) is 15.5. The predicted molar refractivity (Wildman–Crippen MR) is 118 cm³/mol. The number of hydrazone groups is 1. The minimum absolute atomic E-state index is 0.0719. The van der Waals surface area contributed by atoms with Gasteiger partial charge in [0, 0.05) is 25.8 Å². The molecule has 32 heavy (non-hydrogen) atoms. The molecule has 3 N–H and O–H groups in total. The molecule has 0 bridgehead atoms. The predicted octanol–water partition coefficient (Wildman–Crippen LogP) is 1.59. The molecule has 2 aromatic carbocycles. The van der Waals surface area contributed by atoms with Crippen LogP contribution in [0.2, 0.25) is 0 Å². The largest absolute Gasteiger partial charge is 0.493 e. The number of primary amides is 1. The number of amides is 3. The van der Waals surface area contributed by atoms with Gasteiger partial charge in [0.1, 0.15) is 0 Å². The normalized spacial score (nSPS) is 12.8. The van der Waals surface area contributed by atoms with Crippen LogP contribution in [0.5, 0.6) is 11.5 Å². The number of methoxy groups -OCH3 is 1. The van der Waals surface area contributed by atoms with Crippen LogP contribution in [-0.4, -0.2) is 48.7 Å². The molecule has 1 aliphatic rings. The highest BCUT2D eigenvalue weighted by Gasteiger charge is 2.21. The highest BCUT2D eigenvalue weighted by atomic mass is 16.5. The Morgan fingerprint density at radius 1 is 1.09 bits per heavy atom. The molecule has 0 unspecified atom stereocenters. The molecule has 0 atom stereocenters. The lowest BCUT2D eigenvalue weighted by atomic mass is 10.1. The van der Waals surface area contributed by atoms with Crippen LogP contribution in [0, 0.1) is 0 Å². The third-order valence-electron chi connectivity index (χ3n) is 4.85. The maximum absolute atomic E-state index is 12.4. The lowest BCUT2D eigenvalue weighted by Crippen LogP contribution is -2.27. The van der Waals surface area contributed by atoms with Crippen molar-refractivity contribution in [2.24, 2.45) is 10.8 Å². The average molecular weight is 438 g/mol. The molecule has 3 rings (SSSR count). The van der Waals surface area contributed by atoms with Crippen LogP contribution in [0.1, 0.15) is 30.4 Å². The molecule has 9 heteroatoms. The van der Waals surface area contributed by atoms with Crippen molar-refractivity contribution in [2.75, 3.05) is 20.3 Å². The molecule has 1 heterocycles. The van der Waals surface area contributed by atoms with Crippen LogP contribution in [0.3, 0.4) is 0 Å². The van der Waals surface area contributed by atoms with Gasteiger partial charge < -0.3 is 20.5 Å². The number of ether oxygens (including phenoxy) is 2. The van der Waals surface area contributed by atoms with E-state index in [4.69, 9.17) is 15.2 Å². The number of hydrogen-bond acceptors (Lipinski definition) is 6. The number of hydrogen-bond donors (Lipinski definition) is 2. The van der Waals surface area contributed by atoms with Crippen molar-refractivity contribution in [3.05, 3.63) is 59.7 Å². The molecule has 168 valence electrons. The van der Waals surface area contributed by atoms with Crippen LogP contribution in [0.25, 0.3) is 0 Å². The van der Waals surface area contributed by atoms with Gasteiger partial charge >= 0.3 is 0 Å². The fourth-order valence-electron chi connectivity index (χ4n) is 3.20. The van der Waals surface area contributed by atoms with Gasteiger partial charge in [-0.1, -0.05) is 36.4 Å². The van der Waals surface area contributed by atoms with E-state index in [1.807, 2.05) is 30.3 Å². The van der Waals surface area contributed by atoms with Crippen molar-refractivity contribution < 1.29 is 23.9 Å². The van der Waals surface area contributed by atoms with Crippen molar-refractivity contribution in [3.63, 3.8) is 0 Å². The monoisotopic (exact) mass is 438 g/mol. The fourth-order valence-corrected chi connectivity index (χ4v) is 3.20. The van der Waals surface area contributed by atoms with Gasteiger partial charge in [-0.15, -0.1) is 0 Å². The Bertz CT molecular complexity index is 1010. The topological polar surface area (TPSA) is 123 Å². The Morgan fingerprint density at radius 3 is 2.59 bits per heavy atom. The molecule has 0 spiro atoms. The van der Waals surface area contributed by atoms with Crippen LogP contribution < -0.4 is 20.5 Å². The first-order valence-electron chi connectivity index (χ1n) is 10.2. The number of nitrogens with zero attached hydrogens (tertiary/aromatic N) is 2. The van der Waals surface area contributed by atoms with Crippen molar-refractivity contribution >= 4 is 23.4 Å². The van der Waals surface area contributed by atoms with Crippen LogP contribution in [0.4, 0.5) is 0 Å². The smallest absolute Gasteiger partial charge is 0.255 e. The molecular weight excluding hydrogens is 412 g/mol. The lowest BCUT2D eigenvalue weighted by molar-refractivity contribution is -0.133. The summed E-state index contributed by atoms with van der Waals surface area (Å²) in [7, 11) is 1.48. The first kappa shape index (κ1) is 22.8. The maximum atomic E-state index is 12.4. The van der Waals surface area contributed by atoms with E-state index in [9.17, 15) is 14.4 Å². The van der Waals surface area contributed by atoms with E-state index in [0.29, 0.717) is 24.5 Å². The van der Waals surface area contributed by atoms with Gasteiger partial charge in [-0.05, 0) is 23.3 Å². The molecule has 0 saturated heterocycles. The number of carbonyl (C=O) groups excluding carboxylic acids is 3. The lowest BCUT2D eigenvalue weighted by Gasteiger charge is -2.13. The third kappa shape index (κ3) is 6.31. The van der Waals surface area contributed by atoms with E-state index in [-0.39, 0.29) is 37.8 Å². The molecule has 0 saturated carbocycles. The maximum Gasteiger partial charge on any atom is 0.255 e. The van der Waals surface area contributed by atoms with Gasteiger partial charge in [0.2, 0.25) is 11.8 Å². The van der Waals surface area contributed by atoms with Crippen molar-refractivity contribution in [2.45, 2.75) is 25.8 Å². The number of nitrogens with two attached hydrogens (primary N) is 1. The summed E-state index contributed by atoms with van der Waals surface area (Å²) < 4.78 is 10.5. The summed E-state index contributed by atoms with van der Waals surface area (Å²) >= 11 is 0. The SMILES string of the molecule is COc1cc(CNC(=O)CCC(=O)N2CCC(c3ccccc3)=N2)ccc1OCC(N)=O. The fraction of sp³-hybridized carbons (Fsp3) is 0.304. The molecule has 0 radical (unpaired) electrons. The van der Waals surface area contributed by atoms with Gasteiger partial charge in [0.25, 0.3) is 5.91 Å². The second kappa shape index (κ2) is 10.9. The zero-order valence-corrected chi connectivity index (χ0v) is 17.9. The minimum Gasteiger partial charge on any atom is -0.493 e. The van der Waals surface area contributed by atoms with Crippen LogP contribution in [-0.2, 0) is 20.9 Å². The summed E-state index contributed by atoms with van der Waals surface area (Å²) in [6.07, 6.45) is 0.853. The first-order valence-corrected chi connectivity index (χ1v) is 10.2. The van der Waals surface area contributed by atoms with E-state index < -0.39 is 5.91 Å². The molecule has 9 nitrogen and oxygen atoms in total. The summed E-state index contributed by atoms with van der Waals surface area (Å²) in [4.78, 5) is 35.5. The summed E-state index contributed by atoms with van der Waals surface area (Å²) in [5.74, 6) is -0.197. The Balaban J connectivity index is 1.45. The summed E-state index contributed by atoms with van der Waals surface area (Å²) in [5.41, 5.74) is 7.74. The second-order valence-electron chi connectivity index (χ2n) is 7.20. The van der Waals surface area contributed by atoms with E-state index in [0.717, 1.165) is 16.8 Å². The number of nitrogens with one attached hydrogen (secondary N) is 1. The molecule has 0 aliphatic carbocycles. The van der Waals surface area contributed by atoms with Crippen molar-refractivity contribution in [1.29, 1.82) is 0 Å². The molecule has 0 aromatic heterocycles. The summed E-state index contributed by atoms with van der Waals surface area (Å²) in [6.45, 7) is 0.530. The van der Waals surface area contributed by atoms with E-state index >= 15 is 0 Å². The number of rotatable bonds is 10. The van der Waals surface area contributed by atoms with E-state index in [1.165, 1.54) is 12.1 Å². The van der Waals surface area contributed by atoms with Crippen molar-refractivity contribution in [1.82, 2.24) is 10.3 Å². The molecule has 0 fully saturated rings. The summed E-state index contributed by atoms with van der Waals surface area (Å²) in [6, 6.07) is 14.8.